The van der Waals surface area contributed by atoms with E-state index in [1.54, 1.807) is 6.20 Å². The van der Waals surface area contributed by atoms with Gasteiger partial charge in [-0.1, -0.05) is 0 Å². The van der Waals surface area contributed by atoms with Crippen molar-refractivity contribution < 1.29 is 14.3 Å². The second-order valence-electron chi connectivity index (χ2n) is 5.18. The van der Waals surface area contributed by atoms with Gasteiger partial charge >= 0.3 is 5.97 Å². The molecule has 0 unspecified atom stereocenters. The normalized spacial score (nSPS) is 11.0. The standard InChI is InChI=1S/C15H18FN3O2/c1-9(2)19-12(3-4-18-19)5-10-6-13(15(20)21)14(17)7-11(10)8-16/h3-4,6-7,9H,5,8,17H2,1-2H3,(H,20,21). The van der Waals surface area contributed by atoms with Crippen LogP contribution < -0.4 is 5.73 Å². The van der Waals surface area contributed by atoms with Gasteiger partial charge in [-0.2, -0.15) is 5.10 Å². The number of aromatic nitrogens is 2. The fraction of sp³-hybridized carbons (Fsp3) is 0.333. The predicted molar refractivity (Wildman–Crippen MR) is 78.0 cm³/mol. The summed E-state index contributed by atoms with van der Waals surface area (Å²) in [5.41, 5.74) is 7.66. The number of anilines is 1. The molecule has 0 aliphatic heterocycles. The third-order valence-electron chi connectivity index (χ3n) is 3.36. The van der Waals surface area contributed by atoms with Gasteiger partial charge in [-0.05, 0) is 43.2 Å². The highest BCUT2D eigenvalue weighted by Crippen LogP contribution is 2.23. The number of carboxylic acids is 1. The number of carbonyl (C=O) groups is 1. The Kier molecular flexibility index (Phi) is 4.26. The highest BCUT2D eigenvalue weighted by Gasteiger charge is 2.15. The van der Waals surface area contributed by atoms with Crippen molar-refractivity contribution in [3.63, 3.8) is 0 Å². The van der Waals surface area contributed by atoms with E-state index >= 15 is 0 Å². The smallest absolute Gasteiger partial charge is 0.337 e. The zero-order valence-corrected chi connectivity index (χ0v) is 12.0. The quantitative estimate of drug-likeness (QED) is 0.830. The lowest BCUT2D eigenvalue weighted by molar-refractivity contribution is 0.0698. The molecule has 0 saturated heterocycles. The molecule has 0 radical (unpaired) electrons. The Balaban J connectivity index is 2.45. The second kappa shape index (κ2) is 5.95. The van der Waals surface area contributed by atoms with Crippen LogP contribution in [0.15, 0.2) is 24.4 Å². The molecule has 0 aliphatic rings. The lowest BCUT2D eigenvalue weighted by Gasteiger charge is -2.14. The molecule has 0 amide bonds. The summed E-state index contributed by atoms with van der Waals surface area (Å²) >= 11 is 0. The van der Waals surface area contributed by atoms with Crippen molar-refractivity contribution in [2.75, 3.05) is 5.73 Å². The molecular weight excluding hydrogens is 273 g/mol. The van der Waals surface area contributed by atoms with Crippen LogP contribution in [0.2, 0.25) is 0 Å². The zero-order valence-electron chi connectivity index (χ0n) is 12.0. The summed E-state index contributed by atoms with van der Waals surface area (Å²) in [5, 5.41) is 13.4. The number of nitrogen functional groups attached to an aromatic ring is 1. The minimum atomic E-state index is -1.11. The molecule has 0 spiro atoms. The third-order valence-corrected chi connectivity index (χ3v) is 3.36. The van der Waals surface area contributed by atoms with Gasteiger partial charge in [0.05, 0.1) is 5.56 Å². The van der Waals surface area contributed by atoms with E-state index in [0.717, 1.165) is 5.69 Å². The van der Waals surface area contributed by atoms with Gasteiger partial charge in [0.15, 0.2) is 0 Å². The molecule has 1 aromatic heterocycles. The maximum Gasteiger partial charge on any atom is 0.337 e. The van der Waals surface area contributed by atoms with Crippen LogP contribution in [0.1, 0.15) is 47.1 Å². The maximum absolute atomic E-state index is 13.2. The Hall–Kier alpha value is -2.37. The van der Waals surface area contributed by atoms with Gasteiger partial charge in [0, 0.05) is 30.0 Å². The van der Waals surface area contributed by atoms with E-state index in [4.69, 9.17) is 10.8 Å². The first kappa shape index (κ1) is 15.0. The SMILES string of the molecule is CC(C)n1nccc1Cc1cc(C(=O)O)c(N)cc1CF. The fourth-order valence-electron chi connectivity index (χ4n) is 2.32. The van der Waals surface area contributed by atoms with Crippen molar-refractivity contribution in [1.82, 2.24) is 9.78 Å². The summed E-state index contributed by atoms with van der Waals surface area (Å²) in [7, 11) is 0. The molecule has 0 aliphatic carbocycles. The van der Waals surface area contributed by atoms with Crippen LogP contribution in [0.25, 0.3) is 0 Å². The number of nitrogens with two attached hydrogens (primary N) is 1. The Morgan fingerprint density at radius 2 is 2.14 bits per heavy atom. The van der Waals surface area contributed by atoms with E-state index in [2.05, 4.69) is 5.10 Å². The minimum Gasteiger partial charge on any atom is -0.478 e. The Bertz CT molecular complexity index is 665. The summed E-state index contributed by atoms with van der Waals surface area (Å²) in [6.07, 6.45) is 2.10. The minimum absolute atomic E-state index is 0.00203. The number of aromatic carboxylic acids is 1. The van der Waals surface area contributed by atoms with Crippen LogP contribution in [0.4, 0.5) is 10.1 Å². The number of halogens is 1. The molecular formula is C15H18FN3O2. The average molecular weight is 291 g/mol. The van der Waals surface area contributed by atoms with Gasteiger partial charge < -0.3 is 10.8 Å². The highest BCUT2D eigenvalue weighted by molar-refractivity contribution is 5.94. The van der Waals surface area contributed by atoms with Crippen LogP contribution in [-0.4, -0.2) is 20.9 Å². The van der Waals surface area contributed by atoms with E-state index in [-0.39, 0.29) is 17.3 Å². The fourth-order valence-corrected chi connectivity index (χ4v) is 2.32. The summed E-state index contributed by atoms with van der Waals surface area (Å²) in [4.78, 5) is 11.2. The van der Waals surface area contributed by atoms with Gasteiger partial charge in [-0.3, -0.25) is 4.68 Å². The van der Waals surface area contributed by atoms with Crippen molar-refractivity contribution >= 4 is 11.7 Å². The van der Waals surface area contributed by atoms with Crippen LogP contribution in [0.3, 0.4) is 0 Å². The Morgan fingerprint density at radius 1 is 1.43 bits per heavy atom. The van der Waals surface area contributed by atoms with E-state index < -0.39 is 12.6 Å². The maximum atomic E-state index is 13.2. The molecule has 1 heterocycles. The molecule has 0 atom stereocenters. The number of hydrogen-bond donors (Lipinski definition) is 2. The first-order valence-electron chi connectivity index (χ1n) is 6.67. The molecule has 5 nitrogen and oxygen atoms in total. The van der Waals surface area contributed by atoms with Crippen molar-refractivity contribution in [2.45, 2.75) is 33.0 Å². The number of nitrogens with zero attached hydrogens (tertiary/aromatic N) is 2. The number of alkyl halides is 1. The number of rotatable bonds is 5. The van der Waals surface area contributed by atoms with Crippen LogP contribution in [0.5, 0.6) is 0 Å². The van der Waals surface area contributed by atoms with Gasteiger partial charge in [0.25, 0.3) is 0 Å². The number of hydrogen-bond acceptors (Lipinski definition) is 3. The lowest BCUT2D eigenvalue weighted by Crippen LogP contribution is -2.10. The molecule has 0 fully saturated rings. The first-order chi connectivity index (χ1) is 9.93. The number of carboxylic acid groups (broad SMARTS) is 1. The van der Waals surface area contributed by atoms with Crippen LogP contribution in [0, 0.1) is 0 Å². The van der Waals surface area contributed by atoms with E-state index in [1.807, 2.05) is 24.6 Å². The van der Waals surface area contributed by atoms with Gasteiger partial charge in [0.1, 0.15) is 6.67 Å². The van der Waals surface area contributed by atoms with Crippen molar-refractivity contribution in [3.8, 4) is 0 Å². The molecule has 0 bridgehead atoms. The molecule has 6 heteroatoms. The molecule has 112 valence electrons. The predicted octanol–water partition coefficient (Wildman–Crippen LogP) is 2.80. The molecule has 21 heavy (non-hydrogen) atoms. The van der Waals surface area contributed by atoms with E-state index in [9.17, 15) is 9.18 Å². The Labute approximate surface area is 122 Å². The summed E-state index contributed by atoms with van der Waals surface area (Å²) in [5.74, 6) is -1.11. The van der Waals surface area contributed by atoms with Gasteiger partial charge in [-0.25, -0.2) is 9.18 Å². The van der Waals surface area contributed by atoms with Crippen molar-refractivity contribution in [2.24, 2.45) is 0 Å². The first-order valence-corrected chi connectivity index (χ1v) is 6.67. The lowest BCUT2D eigenvalue weighted by atomic mass is 9.99. The molecule has 2 rings (SSSR count). The second-order valence-corrected chi connectivity index (χ2v) is 5.18. The monoisotopic (exact) mass is 291 g/mol. The van der Waals surface area contributed by atoms with Gasteiger partial charge in [-0.15, -0.1) is 0 Å². The van der Waals surface area contributed by atoms with Crippen LogP contribution >= 0.6 is 0 Å². The topological polar surface area (TPSA) is 81.1 Å². The Morgan fingerprint density at radius 3 is 2.71 bits per heavy atom. The van der Waals surface area contributed by atoms with Crippen LogP contribution in [-0.2, 0) is 13.1 Å². The average Bonchev–Trinajstić information content (AvgIpc) is 2.88. The van der Waals surface area contributed by atoms with Crippen molar-refractivity contribution in [3.05, 3.63) is 46.8 Å². The largest absolute Gasteiger partial charge is 0.478 e. The molecule has 3 N–H and O–H groups in total. The number of benzene rings is 1. The molecule has 0 saturated carbocycles. The van der Waals surface area contributed by atoms with E-state index in [1.165, 1.54) is 12.1 Å². The van der Waals surface area contributed by atoms with Crippen molar-refractivity contribution in [1.29, 1.82) is 0 Å². The molecule has 2 aromatic rings. The van der Waals surface area contributed by atoms with E-state index in [0.29, 0.717) is 17.5 Å². The van der Waals surface area contributed by atoms with Gasteiger partial charge in [0.2, 0.25) is 0 Å². The molecule has 1 aromatic carbocycles. The third kappa shape index (κ3) is 3.04. The highest BCUT2D eigenvalue weighted by atomic mass is 19.1. The summed E-state index contributed by atoms with van der Waals surface area (Å²) < 4.78 is 15.0. The zero-order chi connectivity index (χ0) is 15.6. The summed E-state index contributed by atoms with van der Waals surface area (Å²) in [6, 6.07) is 4.87. The summed E-state index contributed by atoms with van der Waals surface area (Å²) in [6.45, 7) is 3.31.